The van der Waals surface area contributed by atoms with E-state index in [-0.39, 0.29) is 0 Å². The first kappa shape index (κ1) is 36.4. The molecule has 0 fully saturated rings. The number of pyridine rings is 1. The highest BCUT2D eigenvalue weighted by atomic mass is 15.2. The molecule has 13 rings (SSSR count). The van der Waals surface area contributed by atoms with Crippen LogP contribution in [0.1, 0.15) is 27.8 Å². The van der Waals surface area contributed by atoms with Crippen LogP contribution in [0.25, 0.3) is 72.1 Å². The number of hydrogen-bond acceptors (Lipinski definition) is 2. The SMILES string of the molecule is Cc1ccc(-n2c3ccccc3c3cc(-c4ccc5c(c4)-c4ccccc4C54c5ccccc5N(c5cc(-c6ccccc6)cc(-c6ccccc6)n5)c5ccccc54)ccc32)cc1. The van der Waals surface area contributed by atoms with E-state index in [9.17, 15) is 0 Å². The van der Waals surface area contributed by atoms with E-state index in [1.54, 1.807) is 0 Å². The summed E-state index contributed by atoms with van der Waals surface area (Å²) < 4.78 is 2.40. The highest BCUT2D eigenvalue weighted by molar-refractivity contribution is 6.10. The molecule has 2 aliphatic rings. The van der Waals surface area contributed by atoms with Gasteiger partial charge in [-0.1, -0.05) is 175 Å². The fourth-order valence-electron chi connectivity index (χ4n) is 10.8. The standard InChI is InChI=1S/C61H41N3/c1-40-28-32-46(33-29-40)63-56-25-13-9-21-48(56)50-37-44(31-35-57(50)63)43-30-34-52-49(36-43)47-20-8-10-22-51(47)61(52)53-23-11-14-26-58(53)64(59-27-15-12-24-54(59)61)60-39-45(41-16-4-2-5-17-41)38-55(62-60)42-18-6-3-7-19-42/h2-39H,1H3. The number of hydrogen-bond donors (Lipinski definition) is 0. The first-order chi connectivity index (χ1) is 31.6. The topological polar surface area (TPSA) is 21.1 Å². The van der Waals surface area contributed by atoms with Crippen molar-refractivity contribution in [2.75, 3.05) is 4.90 Å². The van der Waals surface area contributed by atoms with Crippen molar-refractivity contribution in [2.24, 2.45) is 0 Å². The van der Waals surface area contributed by atoms with Gasteiger partial charge < -0.3 is 4.57 Å². The second-order valence-corrected chi connectivity index (χ2v) is 17.2. The summed E-state index contributed by atoms with van der Waals surface area (Å²) in [6, 6.07) is 84.6. The molecule has 64 heavy (non-hydrogen) atoms. The van der Waals surface area contributed by atoms with Gasteiger partial charge in [0, 0.05) is 22.0 Å². The van der Waals surface area contributed by atoms with Gasteiger partial charge >= 0.3 is 0 Å². The smallest absolute Gasteiger partial charge is 0.138 e. The number of aryl methyl sites for hydroxylation is 1. The van der Waals surface area contributed by atoms with Crippen molar-refractivity contribution in [3.63, 3.8) is 0 Å². The number of anilines is 3. The molecule has 0 bridgehead atoms. The van der Waals surface area contributed by atoms with Crippen LogP contribution in [0.2, 0.25) is 0 Å². The van der Waals surface area contributed by atoms with Crippen molar-refractivity contribution in [3.05, 3.63) is 258 Å². The van der Waals surface area contributed by atoms with Crippen molar-refractivity contribution >= 4 is 39.0 Å². The van der Waals surface area contributed by atoms with Gasteiger partial charge in [-0.2, -0.15) is 0 Å². The molecule has 0 saturated carbocycles. The summed E-state index contributed by atoms with van der Waals surface area (Å²) in [4.78, 5) is 7.88. The molecule has 2 aromatic heterocycles. The largest absolute Gasteiger partial charge is 0.309 e. The molecular weight excluding hydrogens is 775 g/mol. The lowest BCUT2D eigenvalue weighted by atomic mass is 9.64. The minimum Gasteiger partial charge on any atom is -0.309 e. The van der Waals surface area contributed by atoms with Gasteiger partial charge in [0.15, 0.2) is 0 Å². The molecule has 0 N–H and O–H groups in total. The molecule has 300 valence electrons. The Bertz CT molecular complexity index is 3520. The number of rotatable bonds is 5. The zero-order valence-corrected chi connectivity index (χ0v) is 35.3. The third-order valence-corrected chi connectivity index (χ3v) is 13.7. The fourth-order valence-corrected chi connectivity index (χ4v) is 10.8. The Kier molecular flexibility index (Phi) is 8.04. The number of aromatic nitrogens is 2. The van der Waals surface area contributed by atoms with E-state index in [0.29, 0.717) is 0 Å². The van der Waals surface area contributed by atoms with E-state index in [1.165, 1.54) is 77.6 Å². The highest BCUT2D eigenvalue weighted by Crippen LogP contribution is 2.63. The second-order valence-electron chi connectivity index (χ2n) is 17.2. The van der Waals surface area contributed by atoms with E-state index in [4.69, 9.17) is 4.98 Å². The maximum absolute atomic E-state index is 5.49. The minimum atomic E-state index is -0.557. The van der Waals surface area contributed by atoms with Crippen LogP contribution in [0.3, 0.4) is 0 Å². The Hall–Kier alpha value is -8.27. The van der Waals surface area contributed by atoms with Gasteiger partial charge in [0.2, 0.25) is 0 Å². The van der Waals surface area contributed by atoms with Crippen LogP contribution in [0, 0.1) is 6.92 Å². The molecule has 0 atom stereocenters. The van der Waals surface area contributed by atoms with Crippen molar-refractivity contribution in [3.8, 4) is 50.3 Å². The molecule has 1 aliphatic heterocycles. The van der Waals surface area contributed by atoms with Crippen molar-refractivity contribution < 1.29 is 0 Å². The van der Waals surface area contributed by atoms with Crippen LogP contribution in [-0.2, 0) is 5.41 Å². The third-order valence-electron chi connectivity index (χ3n) is 13.7. The van der Waals surface area contributed by atoms with E-state index >= 15 is 0 Å². The predicted molar refractivity (Wildman–Crippen MR) is 265 cm³/mol. The van der Waals surface area contributed by atoms with Gasteiger partial charge in [-0.05, 0) is 123 Å². The molecule has 1 aliphatic carbocycles. The lowest BCUT2D eigenvalue weighted by Crippen LogP contribution is -2.36. The number of nitrogens with zero attached hydrogens (tertiary/aromatic N) is 3. The Morgan fingerprint density at radius 3 is 1.70 bits per heavy atom. The lowest BCUT2D eigenvalue weighted by molar-refractivity contribution is 0.751. The normalized spacial score (nSPS) is 13.2. The fraction of sp³-hybridized carbons (Fsp3) is 0.0328. The molecule has 9 aromatic carbocycles. The van der Waals surface area contributed by atoms with E-state index in [1.807, 2.05) is 0 Å². The van der Waals surface area contributed by atoms with Crippen molar-refractivity contribution in [1.29, 1.82) is 0 Å². The Labute approximate surface area is 372 Å². The van der Waals surface area contributed by atoms with E-state index in [2.05, 4.69) is 247 Å². The molecule has 3 nitrogen and oxygen atoms in total. The molecule has 0 radical (unpaired) electrons. The Morgan fingerprint density at radius 1 is 0.375 bits per heavy atom. The van der Waals surface area contributed by atoms with E-state index in [0.717, 1.165) is 39.6 Å². The molecule has 0 unspecified atom stereocenters. The van der Waals surface area contributed by atoms with Gasteiger partial charge in [0.05, 0.1) is 33.5 Å². The van der Waals surface area contributed by atoms with E-state index < -0.39 is 5.41 Å². The third kappa shape index (κ3) is 5.31. The van der Waals surface area contributed by atoms with Crippen LogP contribution < -0.4 is 4.90 Å². The predicted octanol–water partition coefficient (Wildman–Crippen LogP) is 15.6. The number of para-hydroxylation sites is 3. The van der Waals surface area contributed by atoms with Gasteiger partial charge in [-0.3, -0.25) is 4.90 Å². The molecule has 0 saturated heterocycles. The van der Waals surface area contributed by atoms with Gasteiger partial charge in [0.25, 0.3) is 0 Å². The number of benzene rings is 9. The zero-order chi connectivity index (χ0) is 42.4. The summed E-state index contributed by atoms with van der Waals surface area (Å²) in [5, 5.41) is 2.51. The van der Waals surface area contributed by atoms with Gasteiger partial charge in [-0.15, -0.1) is 0 Å². The molecule has 1 spiro atoms. The highest BCUT2D eigenvalue weighted by Gasteiger charge is 2.51. The number of fused-ring (bicyclic) bond motifs is 12. The van der Waals surface area contributed by atoms with Gasteiger partial charge in [0.1, 0.15) is 5.82 Å². The van der Waals surface area contributed by atoms with Gasteiger partial charge in [-0.25, -0.2) is 4.98 Å². The summed E-state index contributed by atoms with van der Waals surface area (Å²) in [6.45, 7) is 2.14. The maximum Gasteiger partial charge on any atom is 0.138 e. The molecule has 0 amide bonds. The summed E-state index contributed by atoms with van der Waals surface area (Å²) in [6.07, 6.45) is 0. The van der Waals surface area contributed by atoms with Crippen LogP contribution in [-0.4, -0.2) is 9.55 Å². The van der Waals surface area contributed by atoms with Crippen LogP contribution in [0.15, 0.2) is 231 Å². The van der Waals surface area contributed by atoms with Crippen molar-refractivity contribution in [2.45, 2.75) is 12.3 Å². The first-order valence-corrected chi connectivity index (χ1v) is 22.1. The quantitative estimate of drug-likeness (QED) is 0.173. The minimum absolute atomic E-state index is 0.557. The van der Waals surface area contributed by atoms with Crippen LogP contribution >= 0.6 is 0 Å². The van der Waals surface area contributed by atoms with Crippen LogP contribution in [0.5, 0.6) is 0 Å². The molecule has 11 aromatic rings. The first-order valence-electron chi connectivity index (χ1n) is 22.1. The van der Waals surface area contributed by atoms with Crippen LogP contribution in [0.4, 0.5) is 17.2 Å². The summed E-state index contributed by atoms with van der Waals surface area (Å²) in [5.74, 6) is 0.885. The lowest BCUT2D eigenvalue weighted by Gasteiger charge is -2.44. The van der Waals surface area contributed by atoms with Crippen molar-refractivity contribution in [1.82, 2.24) is 9.55 Å². The second kappa shape index (κ2) is 14.1. The monoisotopic (exact) mass is 815 g/mol. The molecule has 3 heterocycles. The maximum atomic E-state index is 5.49. The molecular formula is C61H41N3. The average Bonchev–Trinajstić information content (AvgIpc) is 3.85. The Morgan fingerprint density at radius 2 is 0.953 bits per heavy atom. The average molecular weight is 816 g/mol. The Balaban J connectivity index is 1.01. The molecule has 3 heteroatoms. The summed E-state index contributed by atoms with van der Waals surface area (Å²) in [7, 11) is 0. The zero-order valence-electron chi connectivity index (χ0n) is 35.3. The summed E-state index contributed by atoms with van der Waals surface area (Å²) in [5.41, 5.74) is 20.9. The summed E-state index contributed by atoms with van der Waals surface area (Å²) >= 11 is 0.